The molecule has 2 unspecified atom stereocenters. The van der Waals surface area contributed by atoms with Crippen molar-refractivity contribution in [3.05, 3.63) is 0 Å². The van der Waals surface area contributed by atoms with Crippen molar-refractivity contribution < 1.29 is 9.84 Å². The van der Waals surface area contributed by atoms with E-state index >= 15 is 0 Å². The Kier molecular flexibility index (Phi) is 13.0. The van der Waals surface area contributed by atoms with E-state index in [9.17, 15) is 5.11 Å². The molecule has 172 valence electrons. The van der Waals surface area contributed by atoms with Crippen LogP contribution in [0.1, 0.15) is 46.0 Å². The van der Waals surface area contributed by atoms with E-state index in [-0.39, 0.29) is 24.0 Å². The predicted molar refractivity (Wildman–Crippen MR) is 131 cm³/mol. The van der Waals surface area contributed by atoms with Crippen molar-refractivity contribution in [2.24, 2.45) is 10.9 Å². The Balaban J connectivity index is 0.00000420. The summed E-state index contributed by atoms with van der Waals surface area (Å²) in [5.74, 6) is 1.55. The number of rotatable bonds is 9. The standard InChI is InChI=1S/C21H43N5O2.HI/c1-5-22-20(23-15-19(25(3)4)18-9-7-6-8-10-18)24-16-21(2,27)17-26-11-13-28-14-12-26;/h18-19,27H,5-17H2,1-4H3,(H2,22,23,24);1H. The van der Waals surface area contributed by atoms with Gasteiger partial charge in [0.2, 0.25) is 0 Å². The molecule has 0 radical (unpaired) electrons. The molecule has 3 N–H and O–H groups in total. The molecular formula is C21H44IN5O2. The number of hydrogen-bond acceptors (Lipinski definition) is 5. The molecule has 1 saturated heterocycles. The summed E-state index contributed by atoms with van der Waals surface area (Å²) in [4.78, 5) is 9.30. The highest BCUT2D eigenvalue weighted by Gasteiger charge is 2.27. The van der Waals surface area contributed by atoms with E-state index in [1.807, 2.05) is 6.92 Å². The molecule has 2 aliphatic rings. The summed E-state index contributed by atoms with van der Waals surface area (Å²) in [6, 6.07) is 0.512. The van der Waals surface area contributed by atoms with Crippen LogP contribution < -0.4 is 10.6 Å². The Morgan fingerprint density at radius 3 is 2.45 bits per heavy atom. The minimum Gasteiger partial charge on any atom is -0.387 e. The molecular weight excluding hydrogens is 481 g/mol. The van der Waals surface area contributed by atoms with Crippen molar-refractivity contribution in [2.45, 2.75) is 57.6 Å². The third kappa shape index (κ3) is 10.1. The van der Waals surface area contributed by atoms with E-state index < -0.39 is 5.60 Å². The topological polar surface area (TPSA) is 72.4 Å². The largest absolute Gasteiger partial charge is 0.387 e. The van der Waals surface area contributed by atoms with Crippen LogP contribution in [0.3, 0.4) is 0 Å². The Morgan fingerprint density at radius 1 is 1.21 bits per heavy atom. The van der Waals surface area contributed by atoms with Gasteiger partial charge in [0, 0.05) is 38.8 Å². The van der Waals surface area contributed by atoms with Crippen LogP contribution in [-0.4, -0.2) is 99.1 Å². The van der Waals surface area contributed by atoms with E-state index in [0.717, 1.165) is 51.3 Å². The van der Waals surface area contributed by atoms with Gasteiger partial charge >= 0.3 is 0 Å². The fraction of sp³-hybridized carbons (Fsp3) is 0.952. The van der Waals surface area contributed by atoms with Gasteiger partial charge < -0.3 is 25.4 Å². The second-order valence-corrected chi connectivity index (χ2v) is 8.89. The molecule has 1 aliphatic carbocycles. The quantitative estimate of drug-likeness (QED) is 0.242. The summed E-state index contributed by atoms with van der Waals surface area (Å²) in [6.07, 6.45) is 6.74. The van der Waals surface area contributed by atoms with Crippen LogP contribution in [-0.2, 0) is 4.74 Å². The van der Waals surface area contributed by atoms with Crippen LogP contribution >= 0.6 is 24.0 Å². The normalized spacial score (nSPS) is 22.6. The van der Waals surface area contributed by atoms with Gasteiger partial charge in [0.1, 0.15) is 0 Å². The lowest BCUT2D eigenvalue weighted by Crippen LogP contribution is -2.50. The molecule has 1 heterocycles. The Morgan fingerprint density at radius 2 is 1.86 bits per heavy atom. The first-order valence-corrected chi connectivity index (χ1v) is 11.1. The van der Waals surface area contributed by atoms with E-state index in [4.69, 9.17) is 9.73 Å². The van der Waals surface area contributed by atoms with Crippen molar-refractivity contribution >= 4 is 29.9 Å². The summed E-state index contributed by atoms with van der Waals surface area (Å²) in [5, 5.41) is 17.7. The minimum atomic E-state index is -0.843. The first kappa shape index (κ1) is 26.9. The fourth-order valence-electron chi connectivity index (χ4n) is 4.37. The molecule has 0 aromatic rings. The van der Waals surface area contributed by atoms with Crippen molar-refractivity contribution in [1.29, 1.82) is 0 Å². The molecule has 1 aliphatic heterocycles. The van der Waals surface area contributed by atoms with Gasteiger partial charge in [-0.2, -0.15) is 0 Å². The highest BCUT2D eigenvalue weighted by Crippen LogP contribution is 2.28. The number of aliphatic imine (C=N–C) groups is 1. The zero-order valence-electron chi connectivity index (χ0n) is 19.0. The molecule has 0 bridgehead atoms. The number of likely N-dealkylation sites (N-methyl/N-ethyl adjacent to an activating group) is 1. The lowest BCUT2D eigenvalue weighted by Gasteiger charge is -2.35. The first-order chi connectivity index (χ1) is 13.4. The molecule has 2 atom stereocenters. The summed E-state index contributed by atoms with van der Waals surface area (Å²) in [7, 11) is 4.36. The smallest absolute Gasteiger partial charge is 0.191 e. The van der Waals surface area contributed by atoms with Gasteiger partial charge in [-0.25, -0.2) is 0 Å². The number of guanidine groups is 1. The van der Waals surface area contributed by atoms with Crippen molar-refractivity contribution in [2.75, 3.05) is 66.6 Å². The molecule has 0 aromatic heterocycles. The molecule has 0 aromatic carbocycles. The van der Waals surface area contributed by atoms with E-state index in [0.29, 0.717) is 19.1 Å². The van der Waals surface area contributed by atoms with Crippen LogP contribution in [0.15, 0.2) is 4.99 Å². The Bertz CT molecular complexity index is 464. The van der Waals surface area contributed by atoms with Crippen LogP contribution in [0, 0.1) is 5.92 Å². The second-order valence-electron chi connectivity index (χ2n) is 8.89. The van der Waals surface area contributed by atoms with E-state index in [1.54, 1.807) is 0 Å². The summed E-state index contributed by atoms with van der Waals surface area (Å²) < 4.78 is 5.39. The van der Waals surface area contributed by atoms with Crippen molar-refractivity contribution in [3.8, 4) is 0 Å². The van der Waals surface area contributed by atoms with Gasteiger partial charge in [-0.05, 0) is 46.7 Å². The number of nitrogens with one attached hydrogen (secondary N) is 2. The Hall–Kier alpha value is -0.160. The molecule has 0 spiro atoms. The number of halogens is 1. The van der Waals surface area contributed by atoms with Crippen molar-refractivity contribution in [1.82, 2.24) is 20.4 Å². The average Bonchev–Trinajstić information content (AvgIpc) is 2.67. The van der Waals surface area contributed by atoms with Crippen LogP contribution in [0.25, 0.3) is 0 Å². The molecule has 0 amide bonds. The zero-order chi connectivity index (χ0) is 20.4. The van der Waals surface area contributed by atoms with E-state index in [1.165, 1.54) is 32.1 Å². The van der Waals surface area contributed by atoms with Gasteiger partial charge in [0.15, 0.2) is 5.96 Å². The maximum atomic E-state index is 10.8. The number of ether oxygens (including phenoxy) is 1. The molecule has 29 heavy (non-hydrogen) atoms. The van der Waals surface area contributed by atoms with Crippen LogP contribution in [0.5, 0.6) is 0 Å². The highest BCUT2D eigenvalue weighted by molar-refractivity contribution is 14.0. The summed E-state index contributed by atoms with van der Waals surface area (Å²) in [5.41, 5.74) is -0.843. The second kappa shape index (κ2) is 14.0. The number of nitrogens with zero attached hydrogens (tertiary/aromatic N) is 3. The van der Waals surface area contributed by atoms with Gasteiger partial charge in [-0.15, -0.1) is 24.0 Å². The lowest BCUT2D eigenvalue weighted by molar-refractivity contribution is -0.0180. The third-order valence-corrected chi connectivity index (χ3v) is 5.93. The van der Waals surface area contributed by atoms with E-state index in [2.05, 4.69) is 41.5 Å². The zero-order valence-corrected chi connectivity index (χ0v) is 21.3. The molecule has 2 fully saturated rings. The fourth-order valence-corrected chi connectivity index (χ4v) is 4.37. The number of aliphatic hydroxyl groups is 1. The summed E-state index contributed by atoms with van der Waals surface area (Å²) in [6.45, 7) is 9.91. The monoisotopic (exact) mass is 525 g/mol. The minimum absolute atomic E-state index is 0. The third-order valence-electron chi connectivity index (χ3n) is 5.93. The maximum absolute atomic E-state index is 10.8. The van der Waals surface area contributed by atoms with Gasteiger partial charge in [0.25, 0.3) is 0 Å². The van der Waals surface area contributed by atoms with Gasteiger partial charge in [-0.3, -0.25) is 9.89 Å². The first-order valence-electron chi connectivity index (χ1n) is 11.1. The van der Waals surface area contributed by atoms with Crippen LogP contribution in [0.2, 0.25) is 0 Å². The van der Waals surface area contributed by atoms with Gasteiger partial charge in [0.05, 0.1) is 25.4 Å². The number of hydrogen-bond donors (Lipinski definition) is 3. The SMILES string of the molecule is CCNC(=NCC(C)(O)CN1CCOCC1)NCC(C1CCCCC1)N(C)C.I. The maximum Gasteiger partial charge on any atom is 0.191 e. The van der Waals surface area contributed by atoms with Crippen molar-refractivity contribution in [3.63, 3.8) is 0 Å². The molecule has 2 rings (SSSR count). The van der Waals surface area contributed by atoms with Crippen LogP contribution in [0.4, 0.5) is 0 Å². The van der Waals surface area contributed by atoms with Gasteiger partial charge in [-0.1, -0.05) is 19.3 Å². The highest BCUT2D eigenvalue weighted by atomic mass is 127. The predicted octanol–water partition coefficient (Wildman–Crippen LogP) is 1.75. The number of β-amino-alcohol motifs (C(OH)–C–C–N with tert-alkyl or cyclic N) is 1. The number of morpholine rings is 1. The molecule has 8 heteroatoms. The lowest BCUT2D eigenvalue weighted by atomic mass is 9.83. The molecule has 1 saturated carbocycles. The average molecular weight is 526 g/mol. The summed E-state index contributed by atoms with van der Waals surface area (Å²) >= 11 is 0. The molecule has 7 nitrogen and oxygen atoms in total. The Labute approximate surface area is 195 Å².